The average molecular weight is 360 g/mol. The average Bonchev–Trinajstić information content (AvgIpc) is 3.06. The summed E-state index contributed by atoms with van der Waals surface area (Å²) in [4.78, 5) is 16.9. The first-order valence-corrected chi connectivity index (χ1v) is 8.55. The van der Waals surface area contributed by atoms with E-state index in [4.69, 9.17) is 4.42 Å². The molecule has 0 radical (unpaired) electrons. The van der Waals surface area contributed by atoms with E-state index in [0.717, 1.165) is 27.8 Å². The number of nitrogens with zero attached hydrogens (tertiary/aromatic N) is 1. The Hall–Kier alpha value is -3.47. The van der Waals surface area contributed by atoms with E-state index < -0.39 is 11.7 Å². The van der Waals surface area contributed by atoms with E-state index in [-0.39, 0.29) is 5.56 Å². The molecule has 1 N–H and O–H groups in total. The van der Waals surface area contributed by atoms with Crippen LogP contribution in [0, 0.1) is 19.7 Å². The summed E-state index contributed by atoms with van der Waals surface area (Å²) in [6.45, 7) is 4.00. The number of rotatable bonds is 3. The van der Waals surface area contributed by atoms with Gasteiger partial charge in [-0.15, -0.1) is 0 Å². The minimum absolute atomic E-state index is 0.00383. The topological polar surface area (TPSA) is 55.1 Å². The zero-order valence-corrected chi connectivity index (χ0v) is 14.9. The normalized spacial score (nSPS) is 10.9. The highest BCUT2D eigenvalue weighted by Crippen LogP contribution is 2.28. The Labute approximate surface area is 155 Å². The lowest BCUT2D eigenvalue weighted by atomic mass is 10.1. The van der Waals surface area contributed by atoms with Crippen LogP contribution >= 0.6 is 0 Å². The molecule has 0 saturated carbocycles. The van der Waals surface area contributed by atoms with Crippen molar-refractivity contribution in [3.63, 3.8) is 0 Å². The number of fused-ring (bicyclic) bond motifs is 1. The van der Waals surface area contributed by atoms with Gasteiger partial charge >= 0.3 is 0 Å². The SMILES string of the molecule is Cc1cc(C)c2oc(-c3cccc(NC(=O)c4ccccc4F)c3)nc2c1. The molecule has 0 bridgehead atoms. The quantitative estimate of drug-likeness (QED) is 0.525. The van der Waals surface area contributed by atoms with Crippen molar-refractivity contribution in [2.45, 2.75) is 13.8 Å². The Bertz CT molecular complexity index is 1160. The molecule has 1 heterocycles. The molecular weight excluding hydrogens is 343 g/mol. The van der Waals surface area contributed by atoms with Crippen molar-refractivity contribution in [1.82, 2.24) is 4.98 Å². The molecule has 0 saturated heterocycles. The van der Waals surface area contributed by atoms with Crippen LogP contribution in [0.2, 0.25) is 0 Å². The number of nitrogens with one attached hydrogen (secondary N) is 1. The Kier molecular flexibility index (Phi) is 4.20. The van der Waals surface area contributed by atoms with E-state index in [1.807, 2.05) is 32.0 Å². The van der Waals surface area contributed by atoms with E-state index in [1.165, 1.54) is 12.1 Å². The summed E-state index contributed by atoms with van der Waals surface area (Å²) in [6.07, 6.45) is 0. The Balaban J connectivity index is 1.66. The van der Waals surface area contributed by atoms with Gasteiger partial charge in [0.1, 0.15) is 11.3 Å². The van der Waals surface area contributed by atoms with Gasteiger partial charge in [-0.2, -0.15) is 0 Å². The van der Waals surface area contributed by atoms with Crippen LogP contribution in [0.1, 0.15) is 21.5 Å². The van der Waals surface area contributed by atoms with Crippen LogP contribution in [0.5, 0.6) is 0 Å². The van der Waals surface area contributed by atoms with E-state index in [0.29, 0.717) is 11.6 Å². The molecule has 3 aromatic carbocycles. The fraction of sp³-hybridized carbons (Fsp3) is 0.0909. The number of aromatic nitrogens is 1. The fourth-order valence-electron chi connectivity index (χ4n) is 3.07. The van der Waals surface area contributed by atoms with E-state index in [9.17, 15) is 9.18 Å². The highest BCUT2D eigenvalue weighted by atomic mass is 19.1. The van der Waals surface area contributed by atoms with Crippen LogP contribution in [0.3, 0.4) is 0 Å². The van der Waals surface area contributed by atoms with Gasteiger partial charge in [0.2, 0.25) is 5.89 Å². The predicted octanol–water partition coefficient (Wildman–Crippen LogP) is 5.50. The number of carbonyl (C=O) groups excluding carboxylic acids is 1. The second kappa shape index (κ2) is 6.68. The molecular formula is C22H17FN2O2. The van der Waals surface area contributed by atoms with Crippen LogP contribution in [-0.4, -0.2) is 10.9 Å². The molecule has 0 unspecified atom stereocenters. The third-order valence-electron chi connectivity index (χ3n) is 4.31. The Morgan fingerprint density at radius 1 is 1.04 bits per heavy atom. The standard InChI is InChI=1S/C22H17FN2O2/c1-13-10-14(2)20-19(11-13)25-22(27-20)15-6-5-7-16(12-15)24-21(26)17-8-3-4-9-18(17)23/h3-12H,1-2H3,(H,24,26). The minimum atomic E-state index is -0.559. The number of amides is 1. The smallest absolute Gasteiger partial charge is 0.258 e. The fourth-order valence-corrected chi connectivity index (χ4v) is 3.07. The van der Waals surface area contributed by atoms with Gasteiger partial charge in [0.25, 0.3) is 5.91 Å². The van der Waals surface area contributed by atoms with Crippen molar-refractivity contribution >= 4 is 22.7 Å². The van der Waals surface area contributed by atoms with Crippen LogP contribution < -0.4 is 5.32 Å². The van der Waals surface area contributed by atoms with E-state index >= 15 is 0 Å². The molecule has 1 aromatic heterocycles. The van der Waals surface area contributed by atoms with Gasteiger partial charge in [-0.05, 0) is 61.4 Å². The van der Waals surface area contributed by atoms with E-state index in [2.05, 4.69) is 10.3 Å². The zero-order chi connectivity index (χ0) is 19.0. The lowest BCUT2D eigenvalue weighted by Gasteiger charge is -2.07. The summed E-state index contributed by atoms with van der Waals surface area (Å²) < 4.78 is 19.7. The first kappa shape index (κ1) is 17.0. The number of benzene rings is 3. The second-order valence-electron chi connectivity index (χ2n) is 6.46. The summed E-state index contributed by atoms with van der Waals surface area (Å²) >= 11 is 0. The Morgan fingerprint density at radius 3 is 2.67 bits per heavy atom. The number of carbonyl (C=O) groups is 1. The summed E-state index contributed by atoms with van der Waals surface area (Å²) in [5.74, 6) is -0.592. The van der Waals surface area contributed by atoms with E-state index in [1.54, 1.807) is 30.3 Å². The molecule has 1 amide bonds. The molecule has 0 fully saturated rings. The predicted molar refractivity (Wildman–Crippen MR) is 103 cm³/mol. The maximum Gasteiger partial charge on any atom is 0.258 e. The molecule has 4 rings (SSSR count). The summed E-state index contributed by atoms with van der Waals surface area (Å²) in [5, 5.41) is 2.72. The number of anilines is 1. The molecule has 5 heteroatoms. The molecule has 4 aromatic rings. The molecule has 134 valence electrons. The zero-order valence-electron chi connectivity index (χ0n) is 14.9. The van der Waals surface area contributed by atoms with Gasteiger partial charge in [0.05, 0.1) is 5.56 Å². The van der Waals surface area contributed by atoms with Gasteiger partial charge in [-0.25, -0.2) is 9.37 Å². The van der Waals surface area contributed by atoms with Crippen LogP contribution in [0.4, 0.5) is 10.1 Å². The number of oxazole rings is 1. The summed E-state index contributed by atoms with van der Waals surface area (Å²) in [6, 6.07) is 17.0. The third-order valence-corrected chi connectivity index (χ3v) is 4.31. The van der Waals surface area contributed by atoms with Crippen molar-refractivity contribution in [2.75, 3.05) is 5.32 Å². The molecule has 4 nitrogen and oxygen atoms in total. The van der Waals surface area contributed by atoms with Crippen LogP contribution in [0.15, 0.2) is 65.1 Å². The number of hydrogen-bond donors (Lipinski definition) is 1. The van der Waals surface area contributed by atoms with Crippen molar-refractivity contribution in [3.05, 3.63) is 83.2 Å². The number of aryl methyl sites for hydroxylation is 2. The second-order valence-corrected chi connectivity index (χ2v) is 6.46. The summed E-state index contributed by atoms with van der Waals surface area (Å²) in [7, 11) is 0. The molecule has 0 spiro atoms. The lowest BCUT2D eigenvalue weighted by Crippen LogP contribution is -2.13. The molecule has 0 aliphatic carbocycles. The van der Waals surface area contributed by atoms with Crippen molar-refractivity contribution in [1.29, 1.82) is 0 Å². The van der Waals surface area contributed by atoms with Gasteiger partial charge in [0, 0.05) is 11.3 Å². The highest BCUT2D eigenvalue weighted by molar-refractivity contribution is 6.04. The monoisotopic (exact) mass is 360 g/mol. The minimum Gasteiger partial charge on any atom is -0.436 e. The van der Waals surface area contributed by atoms with Crippen LogP contribution in [0.25, 0.3) is 22.6 Å². The first-order chi connectivity index (χ1) is 13.0. The van der Waals surface area contributed by atoms with Gasteiger partial charge in [-0.3, -0.25) is 4.79 Å². The Morgan fingerprint density at radius 2 is 1.85 bits per heavy atom. The highest BCUT2D eigenvalue weighted by Gasteiger charge is 2.14. The third kappa shape index (κ3) is 3.31. The number of hydrogen-bond acceptors (Lipinski definition) is 3. The molecule has 0 atom stereocenters. The van der Waals surface area contributed by atoms with Crippen molar-refractivity contribution < 1.29 is 13.6 Å². The van der Waals surface area contributed by atoms with Crippen molar-refractivity contribution in [3.8, 4) is 11.5 Å². The van der Waals surface area contributed by atoms with Crippen molar-refractivity contribution in [2.24, 2.45) is 0 Å². The van der Waals surface area contributed by atoms with Crippen LogP contribution in [-0.2, 0) is 0 Å². The van der Waals surface area contributed by atoms with Gasteiger partial charge in [-0.1, -0.05) is 24.3 Å². The maximum atomic E-state index is 13.8. The largest absolute Gasteiger partial charge is 0.436 e. The number of halogens is 1. The van der Waals surface area contributed by atoms with Gasteiger partial charge in [0.15, 0.2) is 5.58 Å². The maximum absolute atomic E-state index is 13.8. The molecule has 0 aliphatic heterocycles. The van der Waals surface area contributed by atoms with Gasteiger partial charge < -0.3 is 9.73 Å². The molecule has 0 aliphatic rings. The lowest BCUT2D eigenvalue weighted by molar-refractivity contribution is 0.102. The first-order valence-electron chi connectivity index (χ1n) is 8.55. The molecule has 27 heavy (non-hydrogen) atoms. The summed E-state index contributed by atoms with van der Waals surface area (Å²) in [5.41, 5.74) is 4.94.